The Hall–Kier alpha value is -3.30. The van der Waals surface area contributed by atoms with E-state index in [1.165, 1.54) is 12.1 Å². The first kappa shape index (κ1) is 21.5. The third-order valence-electron chi connectivity index (χ3n) is 5.60. The van der Waals surface area contributed by atoms with Crippen molar-refractivity contribution in [2.45, 2.75) is 12.5 Å². The van der Waals surface area contributed by atoms with Gasteiger partial charge in [0, 0.05) is 28.8 Å². The highest BCUT2D eigenvalue weighted by atomic mass is 35.5. The quantitative estimate of drug-likeness (QED) is 0.445. The average Bonchev–Trinajstić information content (AvgIpc) is 3.33. The van der Waals surface area contributed by atoms with Crippen molar-refractivity contribution in [1.82, 2.24) is 20.1 Å². The molecule has 1 atom stereocenters. The van der Waals surface area contributed by atoms with Gasteiger partial charge in [0.2, 0.25) is 0 Å². The highest BCUT2D eigenvalue weighted by molar-refractivity contribution is 7.91. The fourth-order valence-corrected chi connectivity index (χ4v) is 5.86. The number of aromatic nitrogens is 3. The molecule has 1 aliphatic heterocycles. The maximum atomic E-state index is 13.5. The molecule has 10 heteroatoms. The zero-order valence-electron chi connectivity index (χ0n) is 17.2. The lowest BCUT2D eigenvalue weighted by Gasteiger charge is -2.11. The SMILES string of the molecule is O=C(N[C@@H]1CCS(=O)(=O)C1)c1ccc2c(-c3cccnc3Cl)nn(-c3ccc(F)cc3)c2c1. The van der Waals surface area contributed by atoms with E-state index in [-0.39, 0.29) is 28.4 Å². The van der Waals surface area contributed by atoms with E-state index in [1.54, 1.807) is 53.3 Å². The Labute approximate surface area is 194 Å². The van der Waals surface area contributed by atoms with Crippen molar-refractivity contribution in [3.8, 4) is 16.9 Å². The number of halogens is 2. The van der Waals surface area contributed by atoms with Crippen molar-refractivity contribution in [1.29, 1.82) is 0 Å². The summed E-state index contributed by atoms with van der Waals surface area (Å²) in [5.41, 5.74) is 2.77. The summed E-state index contributed by atoms with van der Waals surface area (Å²) in [4.78, 5) is 17.0. The van der Waals surface area contributed by atoms with Gasteiger partial charge in [0.15, 0.2) is 9.84 Å². The smallest absolute Gasteiger partial charge is 0.251 e. The molecule has 0 unspecified atom stereocenters. The van der Waals surface area contributed by atoms with Gasteiger partial charge in [-0.05, 0) is 61.0 Å². The fourth-order valence-electron chi connectivity index (χ4n) is 3.97. The summed E-state index contributed by atoms with van der Waals surface area (Å²) in [7, 11) is -3.11. The molecule has 0 spiro atoms. The van der Waals surface area contributed by atoms with E-state index < -0.39 is 15.9 Å². The number of rotatable bonds is 4. The Morgan fingerprint density at radius 3 is 2.64 bits per heavy atom. The van der Waals surface area contributed by atoms with Crippen LogP contribution in [0.4, 0.5) is 4.39 Å². The molecule has 1 N–H and O–H groups in total. The fraction of sp³-hybridized carbons (Fsp3) is 0.174. The van der Waals surface area contributed by atoms with Crippen LogP contribution in [0.1, 0.15) is 16.8 Å². The number of hydrogen-bond acceptors (Lipinski definition) is 5. The Morgan fingerprint density at radius 2 is 1.94 bits per heavy atom. The van der Waals surface area contributed by atoms with Crippen molar-refractivity contribution >= 4 is 38.2 Å². The summed E-state index contributed by atoms with van der Waals surface area (Å²) in [6.45, 7) is 0. The summed E-state index contributed by atoms with van der Waals surface area (Å²) in [6.07, 6.45) is 1.98. The maximum absolute atomic E-state index is 13.5. The predicted octanol–water partition coefficient (Wildman–Crippen LogP) is 3.80. The van der Waals surface area contributed by atoms with E-state index >= 15 is 0 Å². The van der Waals surface area contributed by atoms with E-state index in [4.69, 9.17) is 16.7 Å². The zero-order chi connectivity index (χ0) is 23.2. The second kappa shape index (κ2) is 8.24. The number of carbonyl (C=O) groups is 1. The first-order valence-corrected chi connectivity index (χ1v) is 12.4. The van der Waals surface area contributed by atoms with E-state index in [9.17, 15) is 17.6 Å². The largest absolute Gasteiger partial charge is 0.348 e. The van der Waals surface area contributed by atoms with Gasteiger partial charge >= 0.3 is 0 Å². The molecule has 1 fully saturated rings. The molecule has 1 amide bonds. The van der Waals surface area contributed by atoms with Crippen LogP contribution in [0.3, 0.4) is 0 Å². The van der Waals surface area contributed by atoms with Crippen molar-refractivity contribution in [2.24, 2.45) is 0 Å². The highest BCUT2D eigenvalue weighted by Gasteiger charge is 2.29. The standard InChI is InChI=1S/C23H18ClFN4O3S/c24-22-19(2-1-10-26-22)21-18-8-3-14(23(30)27-16-9-11-33(31,32)13-16)12-20(18)29(28-21)17-6-4-15(25)5-7-17/h1-8,10,12,16H,9,11,13H2,(H,27,30)/t16-/m1/s1. The van der Waals surface area contributed by atoms with E-state index in [0.717, 1.165) is 5.39 Å². The van der Waals surface area contributed by atoms with Gasteiger partial charge in [0.1, 0.15) is 16.7 Å². The first-order chi connectivity index (χ1) is 15.8. The molecule has 33 heavy (non-hydrogen) atoms. The lowest BCUT2D eigenvalue weighted by atomic mass is 10.1. The topological polar surface area (TPSA) is 93.9 Å². The number of hydrogen-bond donors (Lipinski definition) is 1. The Balaban J connectivity index is 1.60. The molecule has 7 nitrogen and oxygen atoms in total. The number of fused-ring (bicyclic) bond motifs is 1. The van der Waals surface area contributed by atoms with Crippen LogP contribution in [-0.2, 0) is 9.84 Å². The Bertz CT molecular complexity index is 1490. The minimum Gasteiger partial charge on any atom is -0.348 e. The lowest BCUT2D eigenvalue weighted by molar-refractivity contribution is 0.0941. The van der Waals surface area contributed by atoms with Gasteiger partial charge in [0.25, 0.3) is 5.91 Å². The van der Waals surface area contributed by atoms with Crippen molar-refractivity contribution in [3.63, 3.8) is 0 Å². The van der Waals surface area contributed by atoms with Gasteiger partial charge in [0.05, 0.1) is 22.7 Å². The molecule has 0 bridgehead atoms. The molecule has 1 aliphatic rings. The van der Waals surface area contributed by atoms with Crippen LogP contribution in [0.25, 0.3) is 27.8 Å². The molecular weight excluding hydrogens is 467 g/mol. The molecule has 4 aromatic rings. The van der Waals surface area contributed by atoms with E-state index in [2.05, 4.69) is 10.3 Å². The van der Waals surface area contributed by atoms with Gasteiger partial charge in [-0.3, -0.25) is 4.79 Å². The summed E-state index contributed by atoms with van der Waals surface area (Å²) in [5, 5.41) is 8.52. The van der Waals surface area contributed by atoms with Crippen LogP contribution in [0.15, 0.2) is 60.8 Å². The molecule has 2 aromatic carbocycles. The normalized spacial score (nSPS) is 17.3. The maximum Gasteiger partial charge on any atom is 0.251 e. The lowest BCUT2D eigenvalue weighted by Crippen LogP contribution is -2.35. The van der Waals surface area contributed by atoms with Crippen LogP contribution in [0.5, 0.6) is 0 Å². The van der Waals surface area contributed by atoms with Crippen molar-refractivity contribution in [3.05, 3.63) is 77.3 Å². The minimum absolute atomic E-state index is 0.0574. The van der Waals surface area contributed by atoms with Crippen LogP contribution in [0.2, 0.25) is 5.15 Å². The van der Waals surface area contributed by atoms with Crippen LogP contribution >= 0.6 is 11.6 Å². The third-order valence-corrected chi connectivity index (χ3v) is 7.67. The highest BCUT2D eigenvalue weighted by Crippen LogP contribution is 2.33. The summed E-state index contributed by atoms with van der Waals surface area (Å²) >= 11 is 6.31. The Kier molecular flexibility index (Phi) is 5.38. The molecule has 0 aliphatic carbocycles. The van der Waals surface area contributed by atoms with Crippen LogP contribution in [0, 0.1) is 5.82 Å². The monoisotopic (exact) mass is 484 g/mol. The van der Waals surface area contributed by atoms with Gasteiger partial charge in [-0.1, -0.05) is 11.6 Å². The molecule has 1 saturated heterocycles. The molecule has 0 radical (unpaired) electrons. The van der Waals surface area contributed by atoms with Gasteiger partial charge in [-0.2, -0.15) is 5.10 Å². The first-order valence-electron chi connectivity index (χ1n) is 10.2. The summed E-state index contributed by atoms with van der Waals surface area (Å²) in [5.74, 6) is -0.731. The molecule has 0 saturated carbocycles. The molecule has 3 heterocycles. The minimum atomic E-state index is -3.11. The number of pyridine rings is 1. The summed E-state index contributed by atoms with van der Waals surface area (Å²) < 4.78 is 38.6. The van der Waals surface area contributed by atoms with Crippen LogP contribution in [-0.4, -0.2) is 46.6 Å². The third kappa shape index (κ3) is 4.21. The van der Waals surface area contributed by atoms with Gasteiger partial charge in [-0.25, -0.2) is 22.5 Å². The number of nitrogens with zero attached hydrogens (tertiary/aromatic N) is 3. The molecule has 5 rings (SSSR count). The zero-order valence-corrected chi connectivity index (χ0v) is 18.8. The molecule has 2 aromatic heterocycles. The number of sulfone groups is 1. The number of nitrogens with one attached hydrogen (secondary N) is 1. The number of carbonyl (C=O) groups excluding carboxylic acids is 1. The molecular formula is C23H18ClFN4O3S. The van der Waals surface area contributed by atoms with Crippen LogP contribution < -0.4 is 5.32 Å². The second-order valence-electron chi connectivity index (χ2n) is 7.88. The van der Waals surface area contributed by atoms with E-state index in [1.807, 2.05) is 0 Å². The Morgan fingerprint density at radius 1 is 1.15 bits per heavy atom. The van der Waals surface area contributed by atoms with Gasteiger partial charge < -0.3 is 5.32 Å². The molecule has 168 valence electrons. The van der Waals surface area contributed by atoms with E-state index in [0.29, 0.717) is 34.4 Å². The number of benzene rings is 2. The van der Waals surface area contributed by atoms with Crippen molar-refractivity contribution in [2.75, 3.05) is 11.5 Å². The number of amides is 1. The predicted molar refractivity (Wildman–Crippen MR) is 124 cm³/mol. The second-order valence-corrected chi connectivity index (χ2v) is 10.5. The average molecular weight is 485 g/mol. The summed E-state index contributed by atoms with van der Waals surface area (Å²) in [6, 6.07) is 14.1. The van der Waals surface area contributed by atoms with Crippen molar-refractivity contribution < 1.29 is 17.6 Å². The van der Waals surface area contributed by atoms with Gasteiger partial charge in [-0.15, -0.1) is 0 Å².